The summed E-state index contributed by atoms with van der Waals surface area (Å²) in [6.45, 7) is 3.99. The summed E-state index contributed by atoms with van der Waals surface area (Å²) < 4.78 is 13.2. The van der Waals surface area contributed by atoms with Gasteiger partial charge in [-0.25, -0.2) is 4.58 Å². The van der Waals surface area contributed by atoms with Crippen LogP contribution in [0.3, 0.4) is 0 Å². The van der Waals surface area contributed by atoms with Crippen LogP contribution < -0.4 is 9.47 Å². The lowest BCUT2D eigenvalue weighted by Crippen LogP contribution is -2.36. The average molecular weight is 288 g/mol. The van der Waals surface area contributed by atoms with Crippen LogP contribution in [0.2, 0.25) is 0 Å². The first-order valence-electron chi connectivity index (χ1n) is 7.45. The van der Waals surface area contributed by atoms with Crippen LogP contribution in [0.4, 0.5) is 0 Å². The summed E-state index contributed by atoms with van der Waals surface area (Å²) in [5.41, 5.74) is 3.48. The van der Waals surface area contributed by atoms with Crippen molar-refractivity contribution < 1.29 is 19.2 Å². The topological polar surface area (TPSA) is 41.7 Å². The molecule has 0 aromatic heterocycles. The highest BCUT2D eigenvalue weighted by Gasteiger charge is 2.33. The molecule has 2 aliphatic heterocycles. The molecule has 0 saturated carbocycles. The van der Waals surface area contributed by atoms with Crippen molar-refractivity contribution in [2.24, 2.45) is 5.92 Å². The van der Waals surface area contributed by atoms with Crippen LogP contribution in [0.25, 0.3) is 0 Å². The monoisotopic (exact) mass is 288 g/mol. The number of benzene rings is 1. The van der Waals surface area contributed by atoms with Crippen LogP contribution in [-0.4, -0.2) is 42.7 Å². The van der Waals surface area contributed by atoms with E-state index in [-0.39, 0.29) is 5.92 Å². The molecule has 2 aliphatic rings. The number of methoxy groups -OCH3 is 2. The van der Waals surface area contributed by atoms with Crippen molar-refractivity contribution in [2.45, 2.75) is 19.8 Å². The van der Waals surface area contributed by atoms with Gasteiger partial charge in [0.25, 0.3) is 0 Å². The number of ether oxygens (including phenoxy) is 2. The second kappa shape index (κ2) is 5.43. The number of hydrogen-bond donors (Lipinski definition) is 1. The zero-order chi connectivity index (χ0) is 15.0. The molecule has 0 amide bonds. The minimum absolute atomic E-state index is 0.246. The molecule has 0 spiro atoms. The van der Waals surface area contributed by atoms with E-state index >= 15 is 0 Å². The molecule has 0 radical (unpaired) electrons. The first-order chi connectivity index (χ1) is 10.2. The van der Waals surface area contributed by atoms with E-state index in [4.69, 9.17) is 9.47 Å². The Kier molecular flexibility index (Phi) is 3.62. The summed E-state index contributed by atoms with van der Waals surface area (Å²) >= 11 is 0. The van der Waals surface area contributed by atoms with Crippen molar-refractivity contribution in [3.8, 4) is 11.5 Å². The minimum atomic E-state index is 0.246. The number of fused-ring (bicyclic) bond motifs is 2. The molecule has 1 aromatic carbocycles. The number of rotatable bonds is 3. The third kappa shape index (κ3) is 2.28. The largest absolute Gasteiger partial charge is 0.512 e. The molecule has 112 valence electrons. The lowest BCUT2D eigenvalue weighted by atomic mass is 9.90. The Morgan fingerprint density at radius 1 is 1.24 bits per heavy atom. The standard InChI is InChI=1S/C17H21NO3/c1-4-11-10-18-6-5-12-7-16(20-2)17(21-3)8-13(12)14(18)9-15(11)19/h7-9,11H,4-6,10H2,1-3H3/p+1. The van der Waals surface area contributed by atoms with Gasteiger partial charge in [-0.15, -0.1) is 0 Å². The normalized spacial score (nSPS) is 20.5. The predicted octanol–water partition coefficient (Wildman–Crippen LogP) is 2.54. The van der Waals surface area contributed by atoms with Crippen LogP contribution >= 0.6 is 0 Å². The smallest absolute Gasteiger partial charge is 0.211 e. The second-order valence-corrected chi connectivity index (χ2v) is 5.62. The van der Waals surface area contributed by atoms with Gasteiger partial charge in [0, 0.05) is 12.5 Å². The zero-order valence-electron chi connectivity index (χ0n) is 12.8. The van der Waals surface area contributed by atoms with E-state index in [0.29, 0.717) is 5.76 Å². The van der Waals surface area contributed by atoms with Gasteiger partial charge in [-0.3, -0.25) is 0 Å². The van der Waals surface area contributed by atoms with Crippen molar-refractivity contribution in [3.63, 3.8) is 0 Å². The number of aliphatic hydroxyl groups is 1. The summed E-state index contributed by atoms with van der Waals surface area (Å²) in [4.78, 5) is 0. The van der Waals surface area contributed by atoms with E-state index in [2.05, 4.69) is 17.6 Å². The van der Waals surface area contributed by atoms with Crippen LogP contribution in [0, 0.1) is 5.92 Å². The van der Waals surface area contributed by atoms with Gasteiger partial charge >= 0.3 is 0 Å². The maximum Gasteiger partial charge on any atom is 0.211 e. The molecular formula is C17H22NO3+. The Bertz CT molecular complexity index is 631. The fraction of sp³-hybridized carbons (Fsp3) is 0.471. The SMILES string of the molecule is CCC1C[N+]2=C(C=C1O)c1cc(OC)c(OC)cc1CC2. The van der Waals surface area contributed by atoms with Gasteiger partial charge in [0.2, 0.25) is 5.71 Å². The van der Waals surface area contributed by atoms with E-state index in [1.807, 2.05) is 12.1 Å². The van der Waals surface area contributed by atoms with Crippen LogP contribution in [0.15, 0.2) is 24.0 Å². The molecule has 1 atom stereocenters. The second-order valence-electron chi connectivity index (χ2n) is 5.62. The van der Waals surface area contributed by atoms with Gasteiger partial charge < -0.3 is 14.6 Å². The fourth-order valence-corrected chi connectivity index (χ4v) is 3.23. The Labute approximate surface area is 125 Å². The first-order valence-corrected chi connectivity index (χ1v) is 7.45. The molecule has 1 unspecified atom stereocenters. The Morgan fingerprint density at radius 3 is 2.62 bits per heavy atom. The van der Waals surface area contributed by atoms with Crippen molar-refractivity contribution in [1.29, 1.82) is 0 Å². The van der Waals surface area contributed by atoms with Gasteiger partial charge in [-0.1, -0.05) is 6.92 Å². The van der Waals surface area contributed by atoms with Gasteiger partial charge in [-0.05, 0) is 24.1 Å². The number of aliphatic hydroxyl groups excluding tert-OH is 1. The summed E-state index contributed by atoms with van der Waals surface area (Å²) in [7, 11) is 3.31. The maximum absolute atomic E-state index is 10.2. The summed E-state index contributed by atoms with van der Waals surface area (Å²) in [5.74, 6) is 2.23. The third-order valence-corrected chi connectivity index (χ3v) is 4.51. The Morgan fingerprint density at radius 2 is 1.95 bits per heavy atom. The number of hydrogen-bond acceptors (Lipinski definition) is 3. The molecule has 2 heterocycles. The molecule has 3 rings (SSSR count). The minimum Gasteiger partial charge on any atom is -0.512 e. The fourth-order valence-electron chi connectivity index (χ4n) is 3.23. The molecule has 4 nitrogen and oxygen atoms in total. The highest BCUT2D eigenvalue weighted by molar-refractivity contribution is 6.07. The van der Waals surface area contributed by atoms with Gasteiger partial charge in [-0.2, -0.15) is 0 Å². The highest BCUT2D eigenvalue weighted by atomic mass is 16.5. The molecule has 1 aromatic rings. The lowest BCUT2D eigenvalue weighted by molar-refractivity contribution is -0.536. The van der Waals surface area contributed by atoms with E-state index in [1.165, 1.54) is 5.56 Å². The quantitative estimate of drug-likeness (QED) is 0.869. The Balaban J connectivity index is 2.10. The Hall–Kier alpha value is -1.97. The zero-order valence-corrected chi connectivity index (χ0v) is 12.8. The summed E-state index contributed by atoms with van der Waals surface area (Å²) in [6, 6.07) is 4.07. The van der Waals surface area contributed by atoms with E-state index in [9.17, 15) is 5.11 Å². The first kappa shape index (κ1) is 14.0. The van der Waals surface area contributed by atoms with E-state index in [1.54, 1.807) is 14.2 Å². The number of allylic oxidation sites excluding steroid dienone is 1. The summed E-state index contributed by atoms with van der Waals surface area (Å²) in [5, 5.41) is 10.2. The van der Waals surface area contributed by atoms with Crippen molar-refractivity contribution in [1.82, 2.24) is 0 Å². The van der Waals surface area contributed by atoms with Crippen molar-refractivity contribution in [3.05, 3.63) is 35.1 Å². The third-order valence-electron chi connectivity index (χ3n) is 4.51. The van der Waals surface area contributed by atoms with Gasteiger partial charge in [0.1, 0.15) is 12.3 Å². The molecular weight excluding hydrogens is 266 g/mol. The van der Waals surface area contributed by atoms with Crippen LogP contribution in [-0.2, 0) is 6.42 Å². The molecule has 1 N–H and O–H groups in total. The summed E-state index contributed by atoms with van der Waals surface area (Å²) in [6.07, 6.45) is 3.87. The van der Waals surface area contributed by atoms with Crippen LogP contribution in [0.5, 0.6) is 11.5 Å². The van der Waals surface area contributed by atoms with Gasteiger partial charge in [0.05, 0.1) is 25.7 Å². The van der Waals surface area contributed by atoms with E-state index in [0.717, 1.165) is 48.7 Å². The average Bonchev–Trinajstić information content (AvgIpc) is 2.52. The highest BCUT2D eigenvalue weighted by Crippen LogP contribution is 2.34. The predicted molar refractivity (Wildman–Crippen MR) is 81.8 cm³/mol. The molecule has 4 heteroatoms. The van der Waals surface area contributed by atoms with Crippen LogP contribution in [0.1, 0.15) is 24.5 Å². The van der Waals surface area contributed by atoms with E-state index < -0.39 is 0 Å². The molecule has 0 fully saturated rings. The molecule has 21 heavy (non-hydrogen) atoms. The number of nitrogens with zero attached hydrogens (tertiary/aromatic N) is 1. The molecule has 0 saturated heterocycles. The van der Waals surface area contributed by atoms with Gasteiger partial charge in [0.15, 0.2) is 18.0 Å². The maximum atomic E-state index is 10.2. The lowest BCUT2D eigenvalue weighted by Gasteiger charge is -2.25. The van der Waals surface area contributed by atoms with Crippen molar-refractivity contribution >= 4 is 5.71 Å². The molecule has 0 aliphatic carbocycles. The molecule has 0 bridgehead atoms. The van der Waals surface area contributed by atoms with Crippen molar-refractivity contribution in [2.75, 3.05) is 27.3 Å².